The smallest absolute Gasteiger partial charge is 0.405 e. The van der Waals surface area contributed by atoms with Crippen molar-refractivity contribution in [3.05, 3.63) is 58.5 Å². The van der Waals surface area contributed by atoms with Crippen molar-refractivity contribution in [2.75, 3.05) is 33.8 Å². The van der Waals surface area contributed by atoms with Gasteiger partial charge in [0.25, 0.3) is 5.91 Å². The van der Waals surface area contributed by atoms with Crippen LogP contribution in [0.3, 0.4) is 0 Å². The van der Waals surface area contributed by atoms with E-state index in [1.807, 2.05) is 6.92 Å². The molecule has 2 amide bonds. The molecule has 2 aliphatic rings. The van der Waals surface area contributed by atoms with Gasteiger partial charge in [0.15, 0.2) is 6.10 Å². The number of hydrogen-bond donors (Lipinski definition) is 4. The predicted molar refractivity (Wildman–Crippen MR) is 165 cm³/mol. The zero-order valence-electron chi connectivity index (χ0n) is 26.3. The number of hydrogen-bond acceptors (Lipinski definition) is 11. The monoisotopic (exact) mass is 651 g/mol. The Kier molecular flexibility index (Phi) is 14.7. The highest BCUT2D eigenvalue weighted by Crippen LogP contribution is 2.29. The van der Waals surface area contributed by atoms with Crippen molar-refractivity contribution < 1.29 is 48.0 Å². The van der Waals surface area contributed by atoms with E-state index in [4.69, 9.17) is 36.3 Å². The maximum atomic E-state index is 13.5. The van der Waals surface area contributed by atoms with Crippen LogP contribution in [0.1, 0.15) is 33.6 Å². The van der Waals surface area contributed by atoms with E-state index < -0.39 is 65.7 Å². The van der Waals surface area contributed by atoms with Gasteiger partial charge in [-0.3, -0.25) is 19.2 Å². The number of halogens is 1. The molecule has 2 rings (SSSR count). The number of ketones is 2. The molecule has 1 aliphatic heterocycles. The number of ether oxygens (including phenoxy) is 4. The molecule has 0 aromatic heterocycles. The Hall–Kier alpha value is -3.78. The highest BCUT2D eigenvalue weighted by atomic mass is 35.5. The molecule has 14 heteroatoms. The van der Waals surface area contributed by atoms with Gasteiger partial charge in [-0.1, -0.05) is 38.2 Å². The van der Waals surface area contributed by atoms with E-state index in [1.165, 1.54) is 46.4 Å². The molecule has 248 valence electrons. The first-order chi connectivity index (χ1) is 21.3. The van der Waals surface area contributed by atoms with Gasteiger partial charge in [-0.15, -0.1) is 11.6 Å². The van der Waals surface area contributed by atoms with Crippen LogP contribution in [0.5, 0.6) is 0 Å². The van der Waals surface area contributed by atoms with Crippen LogP contribution >= 0.6 is 11.6 Å². The van der Waals surface area contributed by atoms with Crippen molar-refractivity contribution in [2.24, 2.45) is 17.6 Å². The summed E-state index contributed by atoms with van der Waals surface area (Å²) >= 11 is 5.61. The standard InChI is InChI=1S/C31H42ClN3O10/c1-16-10-20-26(34-4)22(36)13-21(28(20)39)35-30(40)17(2)8-7-9-23(42-5)29(45-31(33)41)19(15-44-25(37)14-32)12-18(3)27(38)24(11-16)43-6/h7-9,12-13,16,18,23-24,27,29,34,38H,10-11,14-15H2,1-6H3,(H2,33,41)(H,35,40)/b9-7-,17-8+,19-12+/t16-,18+,23-,24-,27-,29+/m1/s1. The Bertz CT molecular complexity index is 1300. The van der Waals surface area contributed by atoms with Crippen LogP contribution in [0.15, 0.2) is 58.5 Å². The van der Waals surface area contributed by atoms with Crippen molar-refractivity contribution in [2.45, 2.75) is 58.0 Å². The topological polar surface area (TPSA) is 193 Å². The van der Waals surface area contributed by atoms with Crippen LogP contribution in [-0.2, 0) is 38.1 Å². The molecule has 13 nitrogen and oxygen atoms in total. The number of likely N-dealkylation sites (N-methyl/N-ethyl adjacent to an activating group) is 1. The number of allylic oxidation sites excluding steroid dienone is 4. The molecule has 0 radical (unpaired) electrons. The van der Waals surface area contributed by atoms with Crippen molar-refractivity contribution in [3.8, 4) is 0 Å². The van der Waals surface area contributed by atoms with Gasteiger partial charge in [0.2, 0.25) is 11.6 Å². The second-order valence-corrected chi connectivity index (χ2v) is 11.1. The third-order valence-electron chi connectivity index (χ3n) is 7.42. The number of aliphatic hydroxyl groups is 1. The van der Waals surface area contributed by atoms with Gasteiger partial charge < -0.3 is 40.4 Å². The van der Waals surface area contributed by atoms with Gasteiger partial charge in [0, 0.05) is 50.0 Å². The third kappa shape index (κ3) is 10.4. The van der Waals surface area contributed by atoms with Gasteiger partial charge in [-0.05, 0) is 25.7 Å². The fourth-order valence-electron chi connectivity index (χ4n) is 5.05. The summed E-state index contributed by atoms with van der Waals surface area (Å²) in [4.78, 5) is 63.2. The minimum atomic E-state index is -1.22. The highest BCUT2D eigenvalue weighted by Gasteiger charge is 2.34. The first-order valence-electron chi connectivity index (χ1n) is 14.3. The second-order valence-electron chi connectivity index (χ2n) is 10.8. The summed E-state index contributed by atoms with van der Waals surface area (Å²) in [6, 6.07) is 0. The molecule has 0 fully saturated rings. The maximum absolute atomic E-state index is 13.5. The fourth-order valence-corrected chi connectivity index (χ4v) is 5.13. The Morgan fingerprint density at radius 2 is 1.87 bits per heavy atom. The van der Waals surface area contributed by atoms with E-state index in [-0.39, 0.29) is 53.5 Å². The summed E-state index contributed by atoms with van der Waals surface area (Å²) in [5, 5.41) is 16.7. The average molecular weight is 652 g/mol. The molecule has 6 atom stereocenters. The summed E-state index contributed by atoms with van der Waals surface area (Å²) < 4.78 is 21.8. The molecular weight excluding hydrogens is 610 g/mol. The van der Waals surface area contributed by atoms with E-state index >= 15 is 0 Å². The van der Waals surface area contributed by atoms with Gasteiger partial charge in [0.05, 0.1) is 23.6 Å². The van der Waals surface area contributed by atoms with E-state index in [0.29, 0.717) is 0 Å². The minimum absolute atomic E-state index is 0.124. The largest absolute Gasteiger partial charge is 0.460 e. The van der Waals surface area contributed by atoms with Crippen molar-refractivity contribution in [3.63, 3.8) is 0 Å². The summed E-state index contributed by atoms with van der Waals surface area (Å²) in [6.45, 7) is 4.66. The number of aliphatic hydroxyl groups excluding tert-OH is 1. The Labute approximate surface area is 267 Å². The first-order valence-corrected chi connectivity index (χ1v) is 14.8. The molecule has 0 spiro atoms. The quantitative estimate of drug-likeness (QED) is 0.136. The number of alkyl halides is 1. The number of methoxy groups -OCH3 is 2. The number of esters is 1. The Morgan fingerprint density at radius 3 is 2.44 bits per heavy atom. The normalized spacial score (nSPS) is 30.2. The lowest BCUT2D eigenvalue weighted by Gasteiger charge is -2.30. The number of fused-ring (bicyclic) bond motifs is 2. The molecule has 45 heavy (non-hydrogen) atoms. The summed E-state index contributed by atoms with van der Waals surface area (Å²) in [7, 11) is 4.31. The molecule has 2 bridgehead atoms. The van der Waals surface area contributed by atoms with Gasteiger partial charge in [-0.2, -0.15) is 0 Å². The number of amides is 2. The molecule has 0 saturated heterocycles. The molecule has 0 aromatic rings. The van der Waals surface area contributed by atoms with Crippen LogP contribution in [0.4, 0.5) is 4.79 Å². The fraction of sp³-hybridized carbons (Fsp3) is 0.516. The Morgan fingerprint density at radius 1 is 1.18 bits per heavy atom. The summed E-state index contributed by atoms with van der Waals surface area (Å²) in [6.07, 6.45) is 2.21. The van der Waals surface area contributed by atoms with Crippen LogP contribution in [0.25, 0.3) is 0 Å². The zero-order valence-corrected chi connectivity index (χ0v) is 27.0. The number of nitrogens with one attached hydrogen (secondary N) is 2. The van der Waals surface area contributed by atoms with Crippen LogP contribution in [0, 0.1) is 11.8 Å². The summed E-state index contributed by atoms with van der Waals surface area (Å²) in [5.41, 5.74) is 5.95. The first kappa shape index (κ1) is 37.4. The molecule has 5 N–H and O–H groups in total. The van der Waals surface area contributed by atoms with Gasteiger partial charge in [-0.25, -0.2) is 4.79 Å². The van der Waals surface area contributed by atoms with Crippen LogP contribution in [-0.4, -0.2) is 92.8 Å². The molecule has 0 saturated carbocycles. The molecule has 1 aliphatic carbocycles. The molecule has 1 heterocycles. The molecular formula is C31H42ClN3O10. The van der Waals surface area contributed by atoms with Crippen molar-refractivity contribution in [1.82, 2.24) is 10.6 Å². The predicted octanol–water partition coefficient (Wildman–Crippen LogP) is 1.74. The van der Waals surface area contributed by atoms with Gasteiger partial charge in [0.1, 0.15) is 18.6 Å². The number of nitrogens with two attached hydrogens (primary N) is 1. The van der Waals surface area contributed by atoms with Crippen LogP contribution in [0.2, 0.25) is 0 Å². The maximum Gasteiger partial charge on any atom is 0.405 e. The van der Waals surface area contributed by atoms with E-state index in [0.717, 1.165) is 6.08 Å². The number of carbonyl (C=O) groups is 5. The molecule has 0 aromatic carbocycles. The number of rotatable bonds is 7. The van der Waals surface area contributed by atoms with E-state index in [2.05, 4.69) is 10.6 Å². The number of primary amides is 1. The Balaban J connectivity index is 2.69. The lowest BCUT2D eigenvalue weighted by atomic mass is 9.85. The van der Waals surface area contributed by atoms with E-state index in [9.17, 15) is 29.1 Å². The number of Topliss-reactive ketones (excluding diaryl/α,β-unsaturated/α-hetero) is 1. The lowest BCUT2D eigenvalue weighted by Crippen LogP contribution is -2.39. The SMILES string of the molecule is CNC1=C2C[C@@H](C)C[C@@H](OC)[C@H](O)[C@@H](C)/C=C(\COC(=O)CCl)[C@H](OC(N)=O)[C@H](OC)/C=C\C=C(/C)C(=O)NC(=CC1=O)C2=O. The van der Waals surface area contributed by atoms with Gasteiger partial charge >= 0.3 is 12.1 Å². The number of carbonyl (C=O) groups excluding carboxylic acids is 5. The van der Waals surface area contributed by atoms with Crippen molar-refractivity contribution in [1.29, 1.82) is 0 Å². The molecule has 0 unspecified atom stereocenters. The zero-order chi connectivity index (χ0) is 33.8. The van der Waals surface area contributed by atoms with Crippen molar-refractivity contribution >= 4 is 41.1 Å². The van der Waals surface area contributed by atoms with Crippen LogP contribution < -0.4 is 16.4 Å². The summed E-state index contributed by atoms with van der Waals surface area (Å²) in [5.74, 6) is -3.69. The third-order valence-corrected chi connectivity index (χ3v) is 7.64. The second kappa shape index (κ2) is 17.6. The van der Waals surface area contributed by atoms with E-state index in [1.54, 1.807) is 13.0 Å². The highest BCUT2D eigenvalue weighted by molar-refractivity contribution is 6.26. The average Bonchev–Trinajstić information content (AvgIpc) is 3.00. The lowest BCUT2D eigenvalue weighted by molar-refractivity contribution is -0.140. The minimum Gasteiger partial charge on any atom is -0.460 e.